The number of aliphatic hydroxyl groups excluding tert-OH is 1. The van der Waals surface area contributed by atoms with E-state index in [1.54, 1.807) is 13.0 Å². The van der Waals surface area contributed by atoms with Crippen LogP contribution in [0.2, 0.25) is 0 Å². The standard InChI is InChI=1S/C24H24N2O5/c1-16-11-21(31-25-16)13-23(28)26-14-20(27)12-22(26)24(29)30-15-17-7-9-19(10-8-17)18-5-3-2-4-6-18/h2-11,20,22,27H,12-15H2,1H3/t20-,22-/m0/s1. The number of hydrogen-bond donors (Lipinski definition) is 1. The van der Waals surface area contributed by atoms with E-state index in [0.717, 1.165) is 16.7 Å². The number of aromatic nitrogens is 1. The van der Waals surface area contributed by atoms with Crippen LogP contribution in [0.5, 0.6) is 0 Å². The predicted octanol–water partition coefficient (Wildman–Crippen LogP) is 2.90. The summed E-state index contributed by atoms with van der Waals surface area (Å²) in [5, 5.41) is 13.8. The molecule has 2 heterocycles. The first-order valence-corrected chi connectivity index (χ1v) is 10.2. The Morgan fingerprint density at radius 3 is 2.52 bits per heavy atom. The highest BCUT2D eigenvalue weighted by molar-refractivity contribution is 5.86. The Hall–Kier alpha value is -3.45. The molecule has 1 aliphatic heterocycles. The fraction of sp³-hybridized carbons (Fsp3) is 0.292. The maximum Gasteiger partial charge on any atom is 0.329 e. The van der Waals surface area contributed by atoms with E-state index in [1.807, 2.05) is 54.6 Å². The van der Waals surface area contributed by atoms with E-state index in [2.05, 4.69) is 5.16 Å². The topological polar surface area (TPSA) is 92.9 Å². The molecule has 0 bridgehead atoms. The first-order chi connectivity index (χ1) is 15.0. The van der Waals surface area contributed by atoms with E-state index in [-0.39, 0.29) is 31.9 Å². The normalized spacial score (nSPS) is 18.2. The number of benzene rings is 2. The Kier molecular flexibility index (Phi) is 6.13. The van der Waals surface area contributed by atoms with E-state index in [4.69, 9.17) is 9.26 Å². The van der Waals surface area contributed by atoms with Gasteiger partial charge in [-0.15, -0.1) is 0 Å². The van der Waals surface area contributed by atoms with Crippen molar-refractivity contribution in [2.45, 2.75) is 38.5 Å². The Morgan fingerprint density at radius 2 is 1.84 bits per heavy atom. The number of β-amino-alcohol motifs (C(OH)–C–C–N with tert-alkyl or cyclic N) is 1. The summed E-state index contributed by atoms with van der Waals surface area (Å²) in [7, 11) is 0. The first-order valence-electron chi connectivity index (χ1n) is 10.2. The van der Waals surface area contributed by atoms with Crippen molar-refractivity contribution in [1.82, 2.24) is 10.1 Å². The summed E-state index contributed by atoms with van der Waals surface area (Å²) < 4.78 is 10.5. The number of carbonyl (C=O) groups is 2. The fourth-order valence-corrected chi connectivity index (χ4v) is 3.74. The number of rotatable bonds is 6. The van der Waals surface area contributed by atoms with E-state index in [0.29, 0.717) is 11.5 Å². The molecule has 0 aliphatic carbocycles. The molecule has 1 amide bonds. The number of amides is 1. The van der Waals surface area contributed by atoms with Crippen molar-refractivity contribution >= 4 is 11.9 Å². The summed E-state index contributed by atoms with van der Waals surface area (Å²) in [5.74, 6) is -0.401. The van der Waals surface area contributed by atoms with Crippen LogP contribution in [-0.2, 0) is 27.4 Å². The molecule has 1 N–H and O–H groups in total. The van der Waals surface area contributed by atoms with Crippen LogP contribution in [0.3, 0.4) is 0 Å². The lowest BCUT2D eigenvalue weighted by molar-refractivity contribution is -0.154. The largest absolute Gasteiger partial charge is 0.459 e. The van der Waals surface area contributed by atoms with Gasteiger partial charge in [0.15, 0.2) is 0 Å². The van der Waals surface area contributed by atoms with Crippen LogP contribution in [0.1, 0.15) is 23.4 Å². The van der Waals surface area contributed by atoms with Gasteiger partial charge in [0.1, 0.15) is 18.4 Å². The van der Waals surface area contributed by atoms with Gasteiger partial charge in [-0.25, -0.2) is 4.79 Å². The van der Waals surface area contributed by atoms with Gasteiger partial charge in [0, 0.05) is 19.0 Å². The lowest BCUT2D eigenvalue weighted by atomic mass is 10.0. The van der Waals surface area contributed by atoms with Crippen LogP contribution < -0.4 is 0 Å². The molecule has 1 saturated heterocycles. The van der Waals surface area contributed by atoms with Gasteiger partial charge in [-0.3, -0.25) is 4.79 Å². The van der Waals surface area contributed by atoms with Crippen LogP contribution in [0, 0.1) is 6.92 Å². The molecule has 1 fully saturated rings. The predicted molar refractivity (Wildman–Crippen MR) is 113 cm³/mol. The highest BCUT2D eigenvalue weighted by atomic mass is 16.5. The zero-order valence-electron chi connectivity index (χ0n) is 17.2. The van der Waals surface area contributed by atoms with E-state index in [9.17, 15) is 14.7 Å². The average molecular weight is 420 g/mol. The van der Waals surface area contributed by atoms with Crippen molar-refractivity contribution in [3.8, 4) is 11.1 Å². The number of carbonyl (C=O) groups excluding carboxylic acids is 2. The van der Waals surface area contributed by atoms with E-state index >= 15 is 0 Å². The van der Waals surface area contributed by atoms with E-state index in [1.165, 1.54) is 4.90 Å². The van der Waals surface area contributed by atoms with Gasteiger partial charge < -0.3 is 19.3 Å². The first kappa shape index (κ1) is 20.8. The Bertz CT molecular complexity index is 1050. The molecule has 0 spiro atoms. The summed E-state index contributed by atoms with van der Waals surface area (Å²) >= 11 is 0. The zero-order valence-corrected chi connectivity index (χ0v) is 17.2. The molecule has 160 valence electrons. The van der Waals surface area contributed by atoms with Crippen molar-refractivity contribution in [1.29, 1.82) is 0 Å². The third kappa shape index (κ3) is 5.00. The van der Waals surface area contributed by atoms with Gasteiger partial charge >= 0.3 is 5.97 Å². The lowest BCUT2D eigenvalue weighted by Gasteiger charge is -2.22. The maximum atomic E-state index is 12.7. The quantitative estimate of drug-likeness (QED) is 0.617. The molecular formula is C24H24N2O5. The van der Waals surface area contributed by atoms with Gasteiger partial charge in [0.25, 0.3) is 0 Å². The van der Waals surface area contributed by atoms with Crippen molar-refractivity contribution in [3.05, 3.63) is 77.7 Å². The monoisotopic (exact) mass is 420 g/mol. The second kappa shape index (κ2) is 9.14. The second-order valence-corrected chi connectivity index (χ2v) is 7.73. The van der Waals surface area contributed by atoms with Gasteiger partial charge in [0.05, 0.1) is 18.2 Å². The Balaban J connectivity index is 1.36. The smallest absolute Gasteiger partial charge is 0.329 e. The molecule has 0 saturated carbocycles. The van der Waals surface area contributed by atoms with E-state index < -0.39 is 18.1 Å². The Morgan fingerprint density at radius 1 is 1.13 bits per heavy atom. The lowest BCUT2D eigenvalue weighted by Crippen LogP contribution is -2.42. The minimum atomic E-state index is -0.810. The number of aryl methyl sites for hydroxylation is 1. The molecule has 3 aromatic rings. The van der Waals surface area contributed by atoms with Crippen LogP contribution in [-0.4, -0.2) is 45.7 Å². The summed E-state index contributed by atoms with van der Waals surface area (Å²) in [5.41, 5.74) is 3.72. The Labute approximate surface area is 180 Å². The van der Waals surface area contributed by atoms with Gasteiger partial charge in [-0.1, -0.05) is 59.8 Å². The minimum Gasteiger partial charge on any atom is -0.459 e. The number of likely N-dealkylation sites (tertiary alicyclic amines) is 1. The average Bonchev–Trinajstić information content (AvgIpc) is 3.38. The summed E-state index contributed by atoms with van der Waals surface area (Å²) in [6.07, 6.45) is -0.617. The number of aliphatic hydroxyl groups is 1. The third-order valence-corrected chi connectivity index (χ3v) is 5.32. The van der Waals surface area contributed by atoms with Gasteiger partial charge in [-0.05, 0) is 23.6 Å². The summed E-state index contributed by atoms with van der Waals surface area (Å²) in [6.45, 7) is 1.96. The molecule has 1 aliphatic rings. The van der Waals surface area contributed by atoms with Crippen molar-refractivity contribution < 1.29 is 24.0 Å². The number of esters is 1. The summed E-state index contributed by atoms with van der Waals surface area (Å²) in [4.78, 5) is 26.7. The maximum absolute atomic E-state index is 12.7. The third-order valence-electron chi connectivity index (χ3n) is 5.32. The molecule has 0 unspecified atom stereocenters. The molecule has 7 heteroatoms. The van der Waals surface area contributed by atoms with Gasteiger partial charge in [0.2, 0.25) is 5.91 Å². The molecule has 4 rings (SSSR count). The molecular weight excluding hydrogens is 396 g/mol. The molecule has 0 radical (unpaired) electrons. The van der Waals surface area contributed by atoms with Crippen LogP contribution in [0.15, 0.2) is 65.2 Å². The van der Waals surface area contributed by atoms with Crippen LogP contribution in [0.25, 0.3) is 11.1 Å². The fourth-order valence-electron chi connectivity index (χ4n) is 3.74. The van der Waals surface area contributed by atoms with Crippen LogP contribution >= 0.6 is 0 Å². The highest BCUT2D eigenvalue weighted by Crippen LogP contribution is 2.22. The van der Waals surface area contributed by atoms with Crippen molar-refractivity contribution in [2.75, 3.05) is 6.54 Å². The number of hydrogen-bond acceptors (Lipinski definition) is 6. The minimum absolute atomic E-state index is 0.0156. The molecule has 1 aromatic heterocycles. The molecule has 2 atom stereocenters. The summed E-state index contributed by atoms with van der Waals surface area (Å²) in [6, 6.07) is 18.7. The number of ether oxygens (including phenoxy) is 1. The second-order valence-electron chi connectivity index (χ2n) is 7.73. The molecule has 2 aromatic carbocycles. The zero-order chi connectivity index (χ0) is 21.8. The van der Waals surface area contributed by atoms with Crippen LogP contribution in [0.4, 0.5) is 0 Å². The molecule has 31 heavy (non-hydrogen) atoms. The van der Waals surface area contributed by atoms with Crippen molar-refractivity contribution in [3.63, 3.8) is 0 Å². The highest BCUT2D eigenvalue weighted by Gasteiger charge is 2.40. The number of nitrogens with zero attached hydrogens (tertiary/aromatic N) is 2. The van der Waals surface area contributed by atoms with Gasteiger partial charge in [-0.2, -0.15) is 0 Å². The SMILES string of the molecule is Cc1cc(CC(=O)N2C[C@@H](O)C[C@H]2C(=O)OCc2ccc(-c3ccccc3)cc2)on1. The molecule has 7 nitrogen and oxygen atoms in total. The van der Waals surface area contributed by atoms with Crippen molar-refractivity contribution in [2.24, 2.45) is 0 Å².